The summed E-state index contributed by atoms with van der Waals surface area (Å²) >= 11 is 0. The van der Waals surface area contributed by atoms with E-state index in [4.69, 9.17) is 9.47 Å². The van der Waals surface area contributed by atoms with Crippen molar-refractivity contribution in [2.24, 2.45) is 0 Å². The van der Waals surface area contributed by atoms with Crippen molar-refractivity contribution in [3.8, 4) is 0 Å². The molecule has 0 unspecified atom stereocenters. The van der Waals surface area contributed by atoms with Gasteiger partial charge in [-0.1, -0.05) is 17.7 Å². The van der Waals surface area contributed by atoms with Gasteiger partial charge in [0.25, 0.3) is 0 Å². The Kier molecular flexibility index (Phi) is 7.76. The van der Waals surface area contributed by atoms with Crippen LogP contribution in [-0.2, 0) is 19.1 Å². The third kappa shape index (κ3) is 6.56. The summed E-state index contributed by atoms with van der Waals surface area (Å²) in [5, 5.41) is 0. The second-order valence-electron chi connectivity index (χ2n) is 3.58. The summed E-state index contributed by atoms with van der Waals surface area (Å²) in [7, 11) is 0. The van der Waals surface area contributed by atoms with Crippen molar-refractivity contribution in [2.75, 3.05) is 13.2 Å². The molecular formula is C13H20O4. The smallest absolute Gasteiger partial charge is 0.345 e. The van der Waals surface area contributed by atoms with Gasteiger partial charge in [-0.2, -0.15) is 0 Å². The molecule has 0 aliphatic heterocycles. The Morgan fingerprint density at radius 3 is 1.76 bits per heavy atom. The minimum absolute atomic E-state index is 0.0359. The Balaban J connectivity index is 4.77. The first-order chi connectivity index (χ1) is 8.02. The highest BCUT2D eigenvalue weighted by Crippen LogP contribution is 2.05. The minimum Gasteiger partial charge on any atom is -0.462 e. The molecule has 0 aromatic carbocycles. The van der Waals surface area contributed by atoms with E-state index >= 15 is 0 Å². The number of allylic oxidation sites excluding steroid dienone is 3. The molecule has 0 rings (SSSR count). The van der Waals surface area contributed by atoms with Gasteiger partial charge in [-0.25, -0.2) is 9.59 Å². The van der Waals surface area contributed by atoms with Gasteiger partial charge < -0.3 is 9.47 Å². The van der Waals surface area contributed by atoms with Crippen molar-refractivity contribution in [3.05, 3.63) is 23.3 Å². The molecule has 17 heavy (non-hydrogen) atoms. The molecule has 0 heterocycles. The predicted molar refractivity (Wildman–Crippen MR) is 65.4 cm³/mol. The molecular weight excluding hydrogens is 220 g/mol. The van der Waals surface area contributed by atoms with Gasteiger partial charge in [0.2, 0.25) is 0 Å². The van der Waals surface area contributed by atoms with Gasteiger partial charge in [0, 0.05) is 0 Å². The first-order valence-corrected chi connectivity index (χ1v) is 5.70. The molecule has 0 aromatic heterocycles. The Hall–Kier alpha value is -1.58. The van der Waals surface area contributed by atoms with Crippen LogP contribution in [0.5, 0.6) is 0 Å². The SMILES string of the molecule is CCOC(=O)C(=CCC=C(C)C)C(=O)OCC. The first kappa shape index (κ1) is 15.4. The van der Waals surface area contributed by atoms with Gasteiger partial charge in [-0.15, -0.1) is 0 Å². The second kappa shape index (κ2) is 8.56. The Labute approximate surface area is 102 Å². The zero-order chi connectivity index (χ0) is 13.3. The molecule has 0 fully saturated rings. The maximum Gasteiger partial charge on any atom is 0.345 e. The van der Waals surface area contributed by atoms with E-state index in [1.165, 1.54) is 6.08 Å². The summed E-state index contributed by atoms with van der Waals surface area (Å²) < 4.78 is 9.60. The average Bonchev–Trinajstić information content (AvgIpc) is 2.24. The van der Waals surface area contributed by atoms with Crippen molar-refractivity contribution < 1.29 is 19.1 Å². The highest BCUT2D eigenvalue weighted by atomic mass is 16.6. The summed E-state index contributed by atoms with van der Waals surface area (Å²) in [6, 6.07) is 0. The van der Waals surface area contributed by atoms with E-state index in [-0.39, 0.29) is 18.8 Å². The third-order valence-corrected chi connectivity index (χ3v) is 1.84. The molecule has 0 aromatic rings. The van der Waals surface area contributed by atoms with Crippen molar-refractivity contribution in [2.45, 2.75) is 34.1 Å². The molecule has 0 saturated heterocycles. The van der Waals surface area contributed by atoms with Gasteiger partial charge in [-0.05, 0) is 34.1 Å². The third-order valence-electron chi connectivity index (χ3n) is 1.84. The fourth-order valence-corrected chi connectivity index (χ4v) is 1.08. The molecule has 96 valence electrons. The monoisotopic (exact) mass is 240 g/mol. The van der Waals surface area contributed by atoms with Crippen LogP contribution >= 0.6 is 0 Å². The maximum atomic E-state index is 11.5. The minimum atomic E-state index is -0.631. The van der Waals surface area contributed by atoms with Gasteiger partial charge in [0.05, 0.1) is 13.2 Å². The number of hydrogen-bond donors (Lipinski definition) is 0. The number of esters is 2. The van der Waals surface area contributed by atoms with Crippen LogP contribution < -0.4 is 0 Å². The van der Waals surface area contributed by atoms with Gasteiger partial charge in [-0.3, -0.25) is 0 Å². The van der Waals surface area contributed by atoms with Crippen LogP contribution in [0.3, 0.4) is 0 Å². The average molecular weight is 240 g/mol. The summed E-state index contributed by atoms with van der Waals surface area (Å²) in [6.07, 6.45) is 3.96. The molecule has 0 spiro atoms. The number of ether oxygens (including phenoxy) is 2. The van der Waals surface area contributed by atoms with E-state index in [1.807, 2.05) is 19.9 Å². The van der Waals surface area contributed by atoms with Crippen LogP contribution in [0.1, 0.15) is 34.1 Å². The van der Waals surface area contributed by atoms with Crippen molar-refractivity contribution >= 4 is 11.9 Å². The lowest BCUT2D eigenvalue weighted by atomic mass is 10.2. The normalized spacial score (nSPS) is 9.18. The zero-order valence-electron chi connectivity index (χ0n) is 10.9. The Morgan fingerprint density at radius 2 is 1.41 bits per heavy atom. The van der Waals surface area contributed by atoms with Gasteiger partial charge >= 0.3 is 11.9 Å². The van der Waals surface area contributed by atoms with E-state index < -0.39 is 11.9 Å². The molecule has 0 amide bonds. The van der Waals surface area contributed by atoms with Crippen LogP contribution in [0.25, 0.3) is 0 Å². The van der Waals surface area contributed by atoms with E-state index in [0.29, 0.717) is 6.42 Å². The fourth-order valence-electron chi connectivity index (χ4n) is 1.08. The van der Waals surface area contributed by atoms with E-state index in [0.717, 1.165) is 5.57 Å². The standard InChI is InChI=1S/C13H20O4/c1-5-16-12(14)11(13(15)17-6-2)9-7-8-10(3)4/h8-9H,5-7H2,1-4H3. The van der Waals surface area contributed by atoms with Crippen LogP contribution in [0, 0.1) is 0 Å². The largest absolute Gasteiger partial charge is 0.462 e. The first-order valence-electron chi connectivity index (χ1n) is 5.70. The summed E-state index contributed by atoms with van der Waals surface area (Å²) in [5.41, 5.74) is 1.08. The molecule has 0 radical (unpaired) electrons. The number of carbonyl (C=O) groups excluding carboxylic acids is 2. The predicted octanol–water partition coefficient (Wildman–Crippen LogP) is 2.40. The van der Waals surface area contributed by atoms with Crippen LogP contribution in [0.15, 0.2) is 23.3 Å². The molecule has 0 atom stereocenters. The second-order valence-corrected chi connectivity index (χ2v) is 3.58. The summed E-state index contributed by atoms with van der Waals surface area (Å²) in [4.78, 5) is 23.0. The highest BCUT2D eigenvalue weighted by molar-refractivity contribution is 6.14. The fraction of sp³-hybridized carbons (Fsp3) is 0.538. The number of rotatable bonds is 6. The van der Waals surface area contributed by atoms with E-state index in [9.17, 15) is 9.59 Å². The van der Waals surface area contributed by atoms with Crippen molar-refractivity contribution in [3.63, 3.8) is 0 Å². The van der Waals surface area contributed by atoms with Crippen LogP contribution in [0.4, 0.5) is 0 Å². The lowest BCUT2D eigenvalue weighted by molar-refractivity contribution is -0.146. The van der Waals surface area contributed by atoms with Crippen molar-refractivity contribution in [1.29, 1.82) is 0 Å². The Bertz CT molecular complexity index is 302. The Morgan fingerprint density at radius 1 is 0.941 bits per heavy atom. The molecule has 0 saturated carbocycles. The van der Waals surface area contributed by atoms with E-state index in [2.05, 4.69) is 0 Å². The molecule has 0 N–H and O–H groups in total. The molecule has 0 aliphatic carbocycles. The lowest BCUT2D eigenvalue weighted by Gasteiger charge is -2.05. The topological polar surface area (TPSA) is 52.6 Å². The molecule has 4 heteroatoms. The van der Waals surface area contributed by atoms with E-state index in [1.54, 1.807) is 13.8 Å². The molecule has 0 aliphatic rings. The lowest BCUT2D eigenvalue weighted by Crippen LogP contribution is -2.18. The van der Waals surface area contributed by atoms with Crippen molar-refractivity contribution in [1.82, 2.24) is 0 Å². The number of carbonyl (C=O) groups is 2. The quantitative estimate of drug-likeness (QED) is 0.235. The van der Waals surface area contributed by atoms with Crippen LogP contribution in [-0.4, -0.2) is 25.2 Å². The summed E-state index contributed by atoms with van der Waals surface area (Å²) in [5.74, 6) is -1.26. The maximum absolute atomic E-state index is 11.5. The van der Waals surface area contributed by atoms with Crippen LogP contribution in [0.2, 0.25) is 0 Å². The molecule has 0 bridgehead atoms. The van der Waals surface area contributed by atoms with Gasteiger partial charge in [0.1, 0.15) is 5.57 Å². The number of hydrogen-bond acceptors (Lipinski definition) is 4. The van der Waals surface area contributed by atoms with Gasteiger partial charge in [0.15, 0.2) is 0 Å². The molecule has 4 nitrogen and oxygen atoms in total. The zero-order valence-corrected chi connectivity index (χ0v) is 10.9. The summed E-state index contributed by atoms with van der Waals surface area (Å²) in [6.45, 7) is 7.74. The highest BCUT2D eigenvalue weighted by Gasteiger charge is 2.19.